The van der Waals surface area contributed by atoms with Gasteiger partial charge in [0.15, 0.2) is 5.78 Å². The Morgan fingerprint density at radius 3 is 2.44 bits per heavy atom. The van der Waals surface area contributed by atoms with Gasteiger partial charge >= 0.3 is 0 Å². The van der Waals surface area contributed by atoms with Crippen LogP contribution in [0.4, 0.5) is 5.69 Å². The van der Waals surface area contributed by atoms with E-state index < -0.39 is 4.92 Å². The number of nitro benzene ring substituents is 1. The number of aryl methyl sites for hydroxylation is 1. The van der Waals surface area contributed by atoms with Crippen LogP contribution >= 0.6 is 0 Å². The van der Waals surface area contributed by atoms with Gasteiger partial charge in [0.05, 0.1) is 22.5 Å². The number of nitrogens with zero attached hydrogens (tertiary/aromatic N) is 3. The van der Waals surface area contributed by atoms with Crippen LogP contribution in [0.3, 0.4) is 0 Å². The van der Waals surface area contributed by atoms with Gasteiger partial charge in [-0.15, -0.1) is 0 Å². The lowest BCUT2D eigenvalue weighted by molar-refractivity contribution is -0.384. The summed E-state index contributed by atoms with van der Waals surface area (Å²) in [5.41, 5.74) is 2.12. The maximum atomic E-state index is 12.6. The number of non-ortho nitro benzene ring substituents is 1. The number of rotatable bonds is 6. The number of ketones is 1. The summed E-state index contributed by atoms with van der Waals surface area (Å²) >= 11 is 0. The largest absolute Gasteiger partial charge is 0.310 e. The van der Waals surface area contributed by atoms with Gasteiger partial charge in [-0.2, -0.15) is 0 Å². The highest BCUT2D eigenvalue weighted by atomic mass is 16.6. The molecule has 0 unspecified atom stereocenters. The fourth-order valence-corrected chi connectivity index (χ4v) is 2.93. The summed E-state index contributed by atoms with van der Waals surface area (Å²) in [6.07, 6.45) is 0.878. The number of nitro groups is 1. The normalized spacial score (nSPS) is 10.9. The Bertz CT molecular complexity index is 1020. The van der Waals surface area contributed by atoms with E-state index >= 15 is 0 Å². The van der Waals surface area contributed by atoms with E-state index in [2.05, 4.69) is 0 Å². The van der Waals surface area contributed by atoms with Crippen LogP contribution in [-0.2, 0) is 13.1 Å². The molecule has 3 rings (SSSR count). The lowest BCUT2D eigenvalue weighted by atomic mass is 10.1. The number of hydrogen-bond acceptors (Lipinski definition) is 4. The number of para-hydroxylation sites is 2. The number of carbonyl (C=O) groups excluding carboxylic acids is 1. The molecule has 2 aromatic carbocycles. The van der Waals surface area contributed by atoms with Gasteiger partial charge in [0.1, 0.15) is 0 Å². The Hall–Kier alpha value is -3.22. The molecule has 7 nitrogen and oxygen atoms in total. The van der Waals surface area contributed by atoms with Gasteiger partial charge in [-0.25, -0.2) is 0 Å². The van der Waals surface area contributed by atoms with E-state index in [-0.39, 0.29) is 29.2 Å². The topological polar surface area (TPSA) is 93.9 Å². The molecule has 1 aromatic heterocycles. The SMILES string of the molecule is CCCn1c(=N)n(CC(=O)c2cccc([N+](=O)[O-])c2)c2ccccc21. The number of benzene rings is 2. The van der Waals surface area contributed by atoms with Crippen molar-refractivity contribution in [3.05, 3.63) is 69.8 Å². The molecule has 0 atom stereocenters. The van der Waals surface area contributed by atoms with Gasteiger partial charge in [0.25, 0.3) is 5.69 Å². The Kier molecular flexibility index (Phi) is 4.47. The summed E-state index contributed by atoms with van der Waals surface area (Å²) in [4.78, 5) is 23.0. The van der Waals surface area contributed by atoms with Crippen LogP contribution in [0.15, 0.2) is 48.5 Å². The van der Waals surface area contributed by atoms with Crippen molar-refractivity contribution in [2.24, 2.45) is 0 Å². The molecule has 0 aliphatic rings. The first-order valence-corrected chi connectivity index (χ1v) is 8.03. The number of aromatic nitrogens is 2. The Balaban J connectivity index is 2.02. The second-order valence-corrected chi connectivity index (χ2v) is 5.78. The zero-order chi connectivity index (χ0) is 18.0. The smallest absolute Gasteiger partial charge is 0.270 e. The van der Waals surface area contributed by atoms with Crippen molar-refractivity contribution in [2.75, 3.05) is 0 Å². The standard InChI is InChI=1S/C18H18N4O3/c1-2-10-20-15-8-3-4-9-16(15)21(18(20)19)12-17(23)13-6-5-7-14(11-13)22(24)25/h3-9,11,19H,2,10,12H2,1H3. The lowest BCUT2D eigenvalue weighted by Crippen LogP contribution is -2.27. The summed E-state index contributed by atoms with van der Waals surface area (Å²) < 4.78 is 3.52. The molecule has 1 heterocycles. The molecule has 0 saturated carbocycles. The number of imidazole rings is 1. The Morgan fingerprint density at radius 1 is 1.12 bits per heavy atom. The van der Waals surface area contributed by atoms with Crippen LogP contribution in [0.25, 0.3) is 11.0 Å². The molecule has 3 aromatic rings. The van der Waals surface area contributed by atoms with Gasteiger partial charge in [-0.05, 0) is 18.6 Å². The third-order valence-electron chi connectivity index (χ3n) is 4.10. The molecule has 0 spiro atoms. The molecular weight excluding hydrogens is 320 g/mol. The second-order valence-electron chi connectivity index (χ2n) is 5.78. The minimum Gasteiger partial charge on any atom is -0.310 e. The minimum atomic E-state index is -0.521. The summed E-state index contributed by atoms with van der Waals surface area (Å²) in [6.45, 7) is 2.70. The summed E-state index contributed by atoms with van der Waals surface area (Å²) in [6, 6.07) is 13.3. The molecule has 0 aliphatic heterocycles. The average Bonchev–Trinajstić information content (AvgIpc) is 2.88. The van der Waals surface area contributed by atoms with E-state index in [1.165, 1.54) is 18.2 Å². The lowest BCUT2D eigenvalue weighted by Gasteiger charge is -2.04. The van der Waals surface area contributed by atoms with Gasteiger partial charge in [-0.1, -0.05) is 31.2 Å². The molecule has 0 saturated heterocycles. The summed E-state index contributed by atoms with van der Waals surface area (Å²) in [7, 11) is 0. The van der Waals surface area contributed by atoms with E-state index in [4.69, 9.17) is 5.41 Å². The molecule has 25 heavy (non-hydrogen) atoms. The molecule has 0 bridgehead atoms. The number of carbonyl (C=O) groups is 1. The molecule has 0 radical (unpaired) electrons. The van der Waals surface area contributed by atoms with E-state index in [0.717, 1.165) is 17.5 Å². The van der Waals surface area contributed by atoms with Crippen molar-refractivity contribution < 1.29 is 9.72 Å². The Morgan fingerprint density at radius 2 is 1.80 bits per heavy atom. The monoisotopic (exact) mass is 338 g/mol. The highest BCUT2D eigenvalue weighted by Gasteiger charge is 2.16. The van der Waals surface area contributed by atoms with Crippen molar-refractivity contribution in [1.82, 2.24) is 9.13 Å². The van der Waals surface area contributed by atoms with Crippen LogP contribution in [0, 0.1) is 15.5 Å². The average molecular weight is 338 g/mol. The maximum absolute atomic E-state index is 12.6. The maximum Gasteiger partial charge on any atom is 0.270 e. The number of Topliss-reactive ketones (excluding diaryl/α,β-unsaturated/α-hetero) is 1. The van der Waals surface area contributed by atoms with Crippen molar-refractivity contribution in [1.29, 1.82) is 5.41 Å². The number of hydrogen-bond donors (Lipinski definition) is 1. The van der Waals surface area contributed by atoms with E-state index in [1.54, 1.807) is 10.6 Å². The van der Waals surface area contributed by atoms with Crippen LogP contribution in [0.1, 0.15) is 23.7 Å². The van der Waals surface area contributed by atoms with Crippen molar-refractivity contribution in [3.8, 4) is 0 Å². The molecule has 0 amide bonds. The van der Waals surface area contributed by atoms with Gasteiger partial charge in [0, 0.05) is 24.2 Å². The van der Waals surface area contributed by atoms with Crippen molar-refractivity contribution in [2.45, 2.75) is 26.4 Å². The van der Waals surface area contributed by atoms with Crippen LogP contribution in [0.5, 0.6) is 0 Å². The predicted molar refractivity (Wildman–Crippen MR) is 93.5 cm³/mol. The fourth-order valence-electron chi connectivity index (χ4n) is 2.93. The first-order valence-electron chi connectivity index (χ1n) is 8.03. The summed E-state index contributed by atoms with van der Waals surface area (Å²) in [5.74, 6) is -0.262. The highest BCUT2D eigenvalue weighted by molar-refractivity contribution is 5.97. The number of fused-ring (bicyclic) bond motifs is 1. The third kappa shape index (κ3) is 3.08. The van der Waals surface area contributed by atoms with E-state index in [1.807, 2.05) is 35.8 Å². The molecular formula is C18H18N4O3. The Labute approximate surface area is 143 Å². The zero-order valence-corrected chi connectivity index (χ0v) is 13.8. The predicted octanol–water partition coefficient (Wildman–Crippen LogP) is 3.12. The van der Waals surface area contributed by atoms with Crippen LogP contribution in [-0.4, -0.2) is 19.8 Å². The first kappa shape index (κ1) is 16.6. The molecule has 128 valence electrons. The van der Waals surface area contributed by atoms with Gasteiger partial charge in [0.2, 0.25) is 5.62 Å². The highest BCUT2D eigenvalue weighted by Crippen LogP contribution is 2.16. The molecule has 0 fully saturated rings. The van der Waals surface area contributed by atoms with Crippen LogP contribution < -0.4 is 5.62 Å². The van der Waals surface area contributed by atoms with Crippen molar-refractivity contribution in [3.63, 3.8) is 0 Å². The molecule has 7 heteroatoms. The van der Waals surface area contributed by atoms with Crippen molar-refractivity contribution >= 4 is 22.5 Å². The van der Waals surface area contributed by atoms with Gasteiger partial charge < -0.3 is 9.13 Å². The van der Waals surface area contributed by atoms with Gasteiger partial charge in [-0.3, -0.25) is 20.3 Å². The third-order valence-corrected chi connectivity index (χ3v) is 4.10. The first-order chi connectivity index (χ1) is 12.0. The second kappa shape index (κ2) is 6.72. The molecule has 1 N–H and O–H groups in total. The number of nitrogens with one attached hydrogen (secondary N) is 1. The minimum absolute atomic E-state index is 0.0305. The molecule has 0 aliphatic carbocycles. The fraction of sp³-hybridized carbons (Fsp3) is 0.222. The van der Waals surface area contributed by atoms with Crippen LogP contribution in [0.2, 0.25) is 0 Å². The van der Waals surface area contributed by atoms with E-state index in [9.17, 15) is 14.9 Å². The zero-order valence-electron chi connectivity index (χ0n) is 13.8. The summed E-state index contributed by atoms with van der Waals surface area (Å²) in [5, 5.41) is 19.3. The van der Waals surface area contributed by atoms with E-state index in [0.29, 0.717) is 6.54 Å². The quantitative estimate of drug-likeness (QED) is 0.425.